The van der Waals surface area contributed by atoms with Gasteiger partial charge in [0.15, 0.2) is 12.4 Å². The monoisotopic (exact) mass is 233 g/mol. The number of hydrogen-bond donors (Lipinski definition) is 1. The van der Waals surface area contributed by atoms with E-state index in [2.05, 4.69) is 14.2 Å². The van der Waals surface area contributed by atoms with Gasteiger partial charge in [0.1, 0.15) is 0 Å². The minimum absolute atomic E-state index is 0.128. The predicted molar refractivity (Wildman–Crippen MR) is 56.1 cm³/mol. The Morgan fingerprint density at radius 1 is 1.47 bits per heavy atom. The lowest BCUT2D eigenvalue weighted by molar-refractivity contribution is 0.220. The highest BCUT2D eigenvalue weighted by Gasteiger charge is 2.29. The standard InChI is InChI=1S/C8H12N2O4S/c1-2-3-7(6-14-15(11,12)13)8-9-4-5-10-8/h4-5,7H,2-3,6H2,1H3/p+1. The number of rotatable bonds is 6. The molecule has 1 heterocycles. The molecule has 0 aliphatic carbocycles. The van der Waals surface area contributed by atoms with Crippen molar-refractivity contribution in [1.29, 1.82) is 0 Å². The van der Waals surface area contributed by atoms with Gasteiger partial charge < -0.3 is 0 Å². The predicted octanol–water partition coefficient (Wildman–Crippen LogP) is 0.867. The van der Waals surface area contributed by atoms with Crippen molar-refractivity contribution in [1.82, 2.24) is 0 Å². The van der Waals surface area contributed by atoms with Gasteiger partial charge in [-0.2, -0.15) is 8.42 Å². The lowest BCUT2D eigenvalue weighted by Gasteiger charge is -2.11. The van der Waals surface area contributed by atoms with E-state index in [9.17, 15) is 8.42 Å². The van der Waals surface area contributed by atoms with E-state index < -0.39 is 10.4 Å². The van der Waals surface area contributed by atoms with Crippen LogP contribution in [0.5, 0.6) is 0 Å². The maximum absolute atomic E-state index is 10.4. The lowest BCUT2D eigenvalue weighted by atomic mass is 10.0. The Kier molecular flexibility index (Phi) is 4.25. The van der Waals surface area contributed by atoms with Crippen molar-refractivity contribution in [3.8, 4) is 0 Å². The second-order valence-corrected chi connectivity index (χ2v) is 4.20. The Bertz CT molecular complexity index is 338. The van der Waals surface area contributed by atoms with Gasteiger partial charge in [0, 0.05) is 0 Å². The normalized spacial score (nSPS) is 17.3. The lowest BCUT2D eigenvalue weighted by Crippen LogP contribution is -2.18. The molecule has 0 aromatic carbocycles. The SMILES string of the molecule is CCCC(COS(=O)(=O)O)[C+]1N=CC=N1. The summed E-state index contributed by atoms with van der Waals surface area (Å²) in [6.07, 6.45) is 5.17. The Hall–Kier alpha value is -0.920. The minimum Gasteiger partial charge on any atom is -0.264 e. The molecular weight excluding hydrogens is 220 g/mol. The van der Waals surface area contributed by atoms with Crippen LogP contribution in [0.1, 0.15) is 19.8 Å². The van der Waals surface area contributed by atoms with Crippen LogP contribution < -0.4 is 0 Å². The fourth-order valence-electron chi connectivity index (χ4n) is 1.27. The summed E-state index contributed by atoms with van der Waals surface area (Å²) in [6, 6.07) is 0. The first-order chi connectivity index (χ1) is 7.03. The van der Waals surface area contributed by atoms with Gasteiger partial charge in [0.2, 0.25) is 6.17 Å². The fraction of sp³-hybridized carbons (Fsp3) is 0.625. The highest BCUT2D eigenvalue weighted by atomic mass is 32.3. The highest BCUT2D eigenvalue weighted by Crippen LogP contribution is 2.24. The Balaban J connectivity index is 2.51. The van der Waals surface area contributed by atoms with E-state index >= 15 is 0 Å². The molecule has 0 aromatic rings. The quantitative estimate of drug-likeness (QED) is 0.544. The maximum Gasteiger partial charge on any atom is 0.397 e. The smallest absolute Gasteiger partial charge is 0.264 e. The van der Waals surface area contributed by atoms with Crippen LogP contribution in [0.25, 0.3) is 0 Å². The summed E-state index contributed by atoms with van der Waals surface area (Å²) in [6.45, 7) is 1.83. The van der Waals surface area contributed by atoms with Crippen LogP contribution in [-0.4, -0.2) is 32.0 Å². The third kappa shape index (κ3) is 4.41. The molecule has 0 saturated heterocycles. The molecule has 0 aromatic heterocycles. The van der Waals surface area contributed by atoms with Gasteiger partial charge in [0.05, 0.1) is 12.5 Å². The zero-order chi connectivity index (χ0) is 11.3. The molecule has 0 bridgehead atoms. The average Bonchev–Trinajstić information content (AvgIpc) is 2.63. The summed E-state index contributed by atoms with van der Waals surface area (Å²) in [4.78, 5) is 7.94. The van der Waals surface area contributed by atoms with Crippen LogP contribution in [0.2, 0.25) is 0 Å². The molecule has 1 aliphatic heterocycles. The first kappa shape index (κ1) is 12.2. The van der Waals surface area contributed by atoms with E-state index in [0.717, 1.165) is 6.42 Å². The van der Waals surface area contributed by atoms with Crippen molar-refractivity contribution < 1.29 is 17.2 Å². The molecule has 0 saturated carbocycles. The first-order valence-electron chi connectivity index (χ1n) is 4.58. The molecule has 1 aliphatic rings. The number of aliphatic imine (C=N–C) groups is 2. The molecule has 15 heavy (non-hydrogen) atoms. The second-order valence-electron chi connectivity index (χ2n) is 3.11. The van der Waals surface area contributed by atoms with Gasteiger partial charge in [-0.3, -0.25) is 4.55 Å². The Morgan fingerprint density at radius 3 is 2.53 bits per heavy atom. The summed E-state index contributed by atoms with van der Waals surface area (Å²) < 4.78 is 33.6. The first-order valence-corrected chi connectivity index (χ1v) is 5.95. The molecular formula is C8H13N2O4S+. The van der Waals surface area contributed by atoms with Crippen molar-refractivity contribution >= 4 is 22.8 Å². The molecule has 0 fully saturated rings. The van der Waals surface area contributed by atoms with Gasteiger partial charge in [-0.25, -0.2) is 4.18 Å². The Labute approximate surface area is 89.0 Å². The summed E-state index contributed by atoms with van der Waals surface area (Å²) in [5.41, 5.74) is 0. The zero-order valence-corrected chi connectivity index (χ0v) is 9.14. The summed E-state index contributed by atoms with van der Waals surface area (Å²) in [7, 11) is -4.38. The largest absolute Gasteiger partial charge is 0.397 e. The average molecular weight is 233 g/mol. The van der Waals surface area contributed by atoms with E-state index in [1.807, 2.05) is 6.92 Å². The molecule has 1 unspecified atom stereocenters. The molecule has 1 rings (SSSR count). The molecule has 0 radical (unpaired) electrons. The van der Waals surface area contributed by atoms with Crippen molar-refractivity contribution in [3.05, 3.63) is 6.17 Å². The summed E-state index contributed by atoms with van der Waals surface area (Å²) >= 11 is 0. The van der Waals surface area contributed by atoms with Gasteiger partial charge in [-0.05, 0) is 6.42 Å². The second kappa shape index (κ2) is 5.24. The van der Waals surface area contributed by atoms with Crippen LogP contribution >= 0.6 is 0 Å². The van der Waals surface area contributed by atoms with Crippen LogP contribution in [0, 0.1) is 12.1 Å². The molecule has 0 amide bonds. The molecule has 1 N–H and O–H groups in total. The van der Waals surface area contributed by atoms with Crippen LogP contribution in [0.3, 0.4) is 0 Å². The van der Waals surface area contributed by atoms with E-state index in [1.54, 1.807) is 0 Å². The fourth-order valence-corrected chi connectivity index (χ4v) is 1.60. The van der Waals surface area contributed by atoms with Gasteiger partial charge in [0.25, 0.3) is 0 Å². The van der Waals surface area contributed by atoms with E-state index in [4.69, 9.17) is 4.55 Å². The van der Waals surface area contributed by atoms with Crippen LogP contribution in [0.15, 0.2) is 9.98 Å². The van der Waals surface area contributed by atoms with Gasteiger partial charge in [-0.1, -0.05) is 23.3 Å². The van der Waals surface area contributed by atoms with Crippen LogP contribution in [-0.2, 0) is 14.6 Å². The van der Waals surface area contributed by atoms with E-state index in [0.29, 0.717) is 12.6 Å². The van der Waals surface area contributed by atoms with Gasteiger partial charge in [-0.15, -0.1) is 0 Å². The third-order valence-corrected chi connectivity index (χ3v) is 2.33. The topological polar surface area (TPSA) is 88.3 Å². The number of nitrogens with zero attached hydrogens (tertiary/aromatic N) is 2. The molecule has 6 nitrogen and oxygen atoms in total. The minimum atomic E-state index is -4.38. The molecule has 84 valence electrons. The van der Waals surface area contributed by atoms with E-state index in [1.165, 1.54) is 12.4 Å². The van der Waals surface area contributed by atoms with Crippen molar-refractivity contribution in [2.75, 3.05) is 6.61 Å². The highest BCUT2D eigenvalue weighted by molar-refractivity contribution is 7.80. The molecule has 1 atom stereocenters. The van der Waals surface area contributed by atoms with Crippen molar-refractivity contribution in [2.24, 2.45) is 15.9 Å². The number of hydrogen-bond acceptors (Lipinski definition) is 5. The molecule has 7 heteroatoms. The Morgan fingerprint density at radius 2 is 2.07 bits per heavy atom. The summed E-state index contributed by atoms with van der Waals surface area (Å²) in [5, 5.41) is 0. The van der Waals surface area contributed by atoms with E-state index in [-0.39, 0.29) is 12.5 Å². The van der Waals surface area contributed by atoms with Crippen molar-refractivity contribution in [2.45, 2.75) is 19.8 Å². The van der Waals surface area contributed by atoms with Crippen LogP contribution in [0.4, 0.5) is 0 Å². The third-order valence-electron chi connectivity index (χ3n) is 1.90. The van der Waals surface area contributed by atoms with Crippen molar-refractivity contribution in [3.63, 3.8) is 0 Å². The summed E-state index contributed by atoms with van der Waals surface area (Å²) in [5.74, 6) is -0.202. The zero-order valence-electron chi connectivity index (χ0n) is 8.33. The molecule has 0 spiro atoms. The van der Waals surface area contributed by atoms with Gasteiger partial charge >= 0.3 is 10.4 Å². The maximum atomic E-state index is 10.4.